The van der Waals surface area contributed by atoms with Crippen LogP contribution >= 0.6 is 0 Å². The third kappa shape index (κ3) is 7.54. The van der Waals surface area contributed by atoms with E-state index in [1.807, 2.05) is 56.0 Å². The molecule has 0 aliphatic rings. The number of rotatable bonds is 11. The molecule has 0 amide bonds. The van der Waals surface area contributed by atoms with Gasteiger partial charge in [0, 0.05) is 19.8 Å². The standard InChI is InChI=1S/C17H27NO4/c1-4-20-16(19)13-18(12-15-10-8-7-9-11-15)14-17(21-5-2)22-6-3/h7-11,17H,4-6,12-14H2,1-3H3. The van der Waals surface area contributed by atoms with Crippen LogP contribution in [0.1, 0.15) is 26.3 Å². The van der Waals surface area contributed by atoms with Gasteiger partial charge in [0.15, 0.2) is 6.29 Å². The lowest BCUT2D eigenvalue weighted by atomic mass is 10.2. The van der Waals surface area contributed by atoms with E-state index in [-0.39, 0.29) is 18.8 Å². The van der Waals surface area contributed by atoms with Crippen molar-refractivity contribution in [1.29, 1.82) is 0 Å². The molecule has 5 heteroatoms. The zero-order valence-corrected chi connectivity index (χ0v) is 13.8. The second-order valence-electron chi connectivity index (χ2n) is 4.80. The molecule has 0 radical (unpaired) electrons. The van der Waals surface area contributed by atoms with E-state index >= 15 is 0 Å². The molecule has 0 unspecified atom stereocenters. The van der Waals surface area contributed by atoms with Crippen molar-refractivity contribution in [3.05, 3.63) is 35.9 Å². The first kappa shape index (κ1) is 18.6. The van der Waals surface area contributed by atoms with Crippen LogP contribution in [0.3, 0.4) is 0 Å². The maximum Gasteiger partial charge on any atom is 0.320 e. The predicted molar refractivity (Wildman–Crippen MR) is 85.4 cm³/mol. The summed E-state index contributed by atoms with van der Waals surface area (Å²) in [5.41, 5.74) is 1.14. The molecule has 0 saturated heterocycles. The first-order valence-electron chi connectivity index (χ1n) is 7.84. The van der Waals surface area contributed by atoms with Gasteiger partial charge in [0.1, 0.15) is 0 Å². The van der Waals surface area contributed by atoms with Crippen molar-refractivity contribution in [2.45, 2.75) is 33.6 Å². The molecule has 0 aromatic heterocycles. The van der Waals surface area contributed by atoms with Crippen molar-refractivity contribution in [1.82, 2.24) is 4.90 Å². The summed E-state index contributed by atoms with van der Waals surface area (Å²) in [6, 6.07) is 10.0. The molecule has 0 bridgehead atoms. The van der Waals surface area contributed by atoms with Crippen LogP contribution in [0.2, 0.25) is 0 Å². The Morgan fingerprint density at radius 1 is 1.05 bits per heavy atom. The molecule has 5 nitrogen and oxygen atoms in total. The minimum atomic E-state index is -0.340. The van der Waals surface area contributed by atoms with E-state index in [1.54, 1.807) is 0 Å². The Kier molecular flexibility index (Phi) is 9.46. The lowest BCUT2D eigenvalue weighted by Crippen LogP contribution is -2.39. The van der Waals surface area contributed by atoms with Crippen LogP contribution < -0.4 is 0 Å². The molecule has 0 saturated carbocycles. The molecule has 0 fully saturated rings. The van der Waals surface area contributed by atoms with E-state index in [1.165, 1.54) is 0 Å². The SMILES string of the molecule is CCOC(=O)CN(Cc1ccccc1)CC(OCC)OCC. The van der Waals surface area contributed by atoms with Crippen molar-refractivity contribution in [3.63, 3.8) is 0 Å². The van der Waals surface area contributed by atoms with Gasteiger partial charge in [0.25, 0.3) is 0 Å². The number of carbonyl (C=O) groups is 1. The van der Waals surface area contributed by atoms with Crippen LogP contribution in [-0.4, -0.2) is 50.1 Å². The highest BCUT2D eigenvalue weighted by Gasteiger charge is 2.18. The van der Waals surface area contributed by atoms with Gasteiger partial charge in [-0.3, -0.25) is 9.69 Å². The van der Waals surface area contributed by atoms with Gasteiger partial charge in [-0.2, -0.15) is 0 Å². The molecular formula is C17H27NO4. The largest absolute Gasteiger partial charge is 0.465 e. The normalized spacial score (nSPS) is 11.1. The number of hydrogen-bond donors (Lipinski definition) is 0. The molecule has 0 N–H and O–H groups in total. The number of hydrogen-bond acceptors (Lipinski definition) is 5. The molecule has 1 aromatic rings. The Balaban J connectivity index is 2.69. The number of benzene rings is 1. The number of esters is 1. The third-order valence-corrected chi connectivity index (χ3v) is 3.02. The fraction of sp³-hybridized carbons (Fsp3) is 0.588. The van der Waals surface area contributed by atoms with Crippen molar-refractivity contribution < 1.29 is 19.0 Å². The molecule has 0 aliphatic carbocycles. The smallest absolute Gasteiger partial charge is 0.320 e. The Morgan fingerprint density at radius 3 is 2.23 bits per heavy atom. The average Bonchev–Trinajstić information content (AvgIpc) is 2.49. The Bertz CT molecular complexity index is 404. The summed E-state index contributed by atoms with van der Waals surface area (Å²) in [6.45, 7) is 8.59. The molecule has 1 rings (SSSR count). The van der Waals surface area contributed by atoms with Gasteiger partial charge < -0.3 is 14.2 Å². The molecular weight excluding hydrogens is 282 g/mol. The summed E-state index contributed by atoms with van der Waals surface area (Å²) in [5, 5.41) is 0. The molecule has 0 spiro atoms. The van der Waals surface area contributed by atoms with E-state index < -0.39 is 0 Å². The van der Waals surface area contributed by atoms with E-state index in [2.05, 4.69) is 0 Å². The highest BCUT2D eigenvalue weighted by molar-refractivity contribution is 5.71. The van der Waals surface area contributed by atoms with Crippen LogP contribution in [0.25, 0.3) is 0 Å². The van der Waals surface area contributed by atoms with Crippen LogP contribution in [0, 0.1) is 0 Å². The predicted octanol–water partition coefficient (Wildman–Crippen LogP) is 2.45. The van der Waals surface area contributed by atoms with Gasteiger partial charge in [0.05, 0.1) is 19.7 Å². The van der Waals surface area contributed by atoms with E-state index in [0.29, 0.717) is 32.9 Å². The van der Waals surface area contributed by atoms with Gasteiger partial charge >= 0.3 is 5.97 Å². The van der Waals surface area contributed by atoms with E-state index in [9.17, 15) is 4.79 Å². The molecule has 0 atom stereocenters. The first-order chi connectivity index (χ1) is 10.7. The summed E-state index contributed by atoms with van der Waals surface area (Å²) >= 11 is 0. The second kappa shape index (κ2) is 11.2. The molecule has 22 heavy (non-hydrogen) atoms. The van der Waals surface area contributed by atoms with Gasteiger partial charge in [-0.25, -0.2) is 0 Å². The second-order valence-corrected chi connectivity index (χ2v) is 4.80. The Hall–Kier alpha value is -1.43. The van der Waals surface area contributed by atoms with E-state index in [0.717, 1.165) is 5.56 Å². The van der Waals surface area contributed by atoms with Crippen LogP contribution in [0.4, 0.5) is 0 Å². The zero-order valence-electron chi connectivity index (χ0n) is 13.8. The van der Waals surface area contributed by atoms with Crippen LogP contribution in [0.15, 0.2) is 30.3 Å². The lowest BCUT2D eigenvalue weighted by Gasteiger charge is -2.26. The number of ether oxygens (including phenoxy) is 3. The fourth-order valence-electron chi connectivity index (χ4n) is 2.15. The first-order valence-corrected chi connectivity index (χ1v) is 7.84. The van der Waals surface area contributed by atoms with Gasteiger partial charge in [-0.05, 0) is 26.3 Å². The monoisotopic (exact) mass is 309 g/mol. The maximum absolute atomic E-state index is 11.8. The Labute approximate surface area is 133 Å². The number of nitrogens with zero attached hydrogens (tertiary/aromatic N) is 1. The minimum absolute atomic E-state index is 0.222. The summed E-state index contributed by atoms with van der Waals surface area (Å²) in [4.78, 5) is 13.8. The van der Waals surface area contributed by atoms with Crippen molar-refractivity contribution in [2.24, 2.45) is 0 Å². The molecule has 0 heterocycles. The van der Waals surface area contributed by atoms with E-state index in [4.69, 9.17) is 14.2 Å². The Morgan fingerprint density at radius 2 is 1.68 bits per heavy atom. The van der Waals surface area contributed by atoms with Crippen molar-refractivity contribution >= 4 is 5.97 Å². The van der Waals surface area contributed by atoms with Gasteiger partial charge in [-0.1, -0.05) is 30.3 Å². The topological polar surface area (TPSA) is 48.0 Å². The highest BCUT2D eigenvalue weighted by Crippen LogP contribution is 2.08. The quantitative estimate of drug-likeness (QED) is 0.464. The highest BCUT2D eigenvalue weighted by atomic mass is 16.7. The fourth-order valence-corrected chi connectivity index (χ4v) is 2.15. The van der Waals surface area contributed by atoms with Crippen molar-refractivity contribution in [3.8, 4) is 0 Å². The summed E-state index contributed by atoms with van der Waals surface area (Å²) in [5.74, 6) is -0.231. The summed E-state index contributed by atoms with van der Waals surface area (Å²) in [6.07, 6.45) is -0.340. The van der Waals surface area contributed by atoms with Gasteiger partial charge in [-0.15, -0.1) is 0 Å². The summed E-state index contributed by atoms with van der Waals surface area (Å²) < 4.78 is 16.2. The summed E-state index contributed by atoms with van der Waals surface area (Å²) in [7, 11) is 0. The molecule has 0 aliphatic heterocycles. The third-order valence-electron chi connectivity index (χ3n) is 3.02. The maximum atomic E-state index is 11.8. The van der Waals surface area contributed by atoms with Gasteiger partial charge in [0.2, 0.25) is 0 Å². The average molecular weight is 309 g/mol. The van der Waals surface area contributed by atoms with Crippen LogP contribution in [0.5, 0.6) is 0 Å². The van der Waals surface area contributed by atoms with Crippen molar-refractivity contribution in [2.75, 3.05) is 32.9 Å². The minimum Gasteiger partial charge on any atom is -0.465 e. The lowest BCUT2D eigenvalue weighted by molar-refractivity contribution is -0.156. The molecule has 1 aromatic carbocycles. The zero-order chi connectivity index (χ0) is 16.2. The molecule has 124 valence electrons. The van der Waals surface area contributed by atoms with Crippen LogP contribution in [-0.2, 0) is 25.5 Å². The number of carbonyl (C=O) groups excluding carboxylic acids is 1.